The molecule has 0 bridgehead atoms. The summed E-state index contributed by atoms with van der Waals surface area (Å²) in [5, 5.41) is 0. The highest BCUT2D eigenvalue weighted by Crippen LogP contribution is 2.36. The molecule has 6 heteroatoms. The van der Waals surface area contributed by atoms with E-state index in [1.165, 1.54) is 0 Å². The van der Waals surface area contributed by atoms with Crippen molar-refractivity contribution in [2.24, 2.45) is 0 Å². The average Bonchev–Trinajstić information content (AvgIpc) is 2.78. The smallest absolute Gasteiger partial charge is 0.338 e. The first-order valence-corrected chi connectivity index (χ1v) is 10.6. The number of hydrogen-bond donors (Lipinski definition) is 0. The first kappa shape index (κ1) is 23.1. The van der Waals surface area contributed by atoms with Gasteiger partial charge in [-0.15, -0.1) is 0 Å². The number of hydrogen-bond acceptors (Lipinski definition) is 6. The average molecular weight is 435 g/mol. The van der Waals surface area contributed by atoms with E-state index < -0.39 is 5.60 Å². The van der Waals surface area contributed by atoms with Crippen LogP contribution < -0.4 is 14.4 Å². The molecular formula is C26H30N2O4. The molecule has 0 amide bonds. The van der Waals surface area contributed by atoms with Crippen molar-refractivity contribution >= 4 is 17.3 Å². The molecular weight excluding hydrogens is 404 g/mol. The summed E-state index contributed by atoms with van der Waals surface area (Å²) in [6.45, 7) is 8.61. The van der Waals surface area contributed by atoms with Gasteiger partial charge in [0.05, 0.1) is 19.3 Å². The molecule has 168 valence electrons. The summed E-state index contributed by atoms with van der Waals surface area (Å²) in [7, 11) is 1.62. The van der Waals surface area contributed by atoms with Crippen molar-refractivity contribution < 1.29 is 19.0 Å². The van der Waals surface area contributed by atoms with Crippen LogP contribution in [0, 0.1) is 0 Å². The highest BCUT2D eigenvalue weighted by atomic mass is 16.6. The van der Waals surface area contributed by atoms with Crippen LogP contribution in [0.4, 0.5) is 11.4 Å². The summed E-state index contributed by atoms with van der Waals surface area (Å²) in [4.78, 5) is 19.0. The van der Waals surface area contributed by atoms with Crippen molar-refractivity contribution in [2.45, 2.75) is 39.8 Å². The fourth-order valence-corrected chi connectivity index (χ4v) is 3.24. The second-order valence-electron chi connectivity index (χ2n) is 8.27. The molecule has 0 radical (unpaired) electrons. The summed E-state index contributed by atoms with van der Waals surface area (Å²) < 4.78 is 16.8. The number of carbonyl (C=O) groups is 1. The van der Waals surface area contributed by atoms with E-state index in [1.54, 1.807) is 19.4 Å². The minimum Gasteiger partial charge on any atom is -0.493 e. The molecule has 2 aromatic carbocycles. The summed E-state index contributed by atoms with van der Waals surface area (Å²) in [5.74, 6) is 0.969. The Morgan fingerprint density at radius 2 is 1.78 bits per heavy atom. The van der Waals surface area contributed by atoms with Crippen LogP contribution in [0.15, 0.2) is 67.0 Å². The van der Waals surface area contributed by atoms with Gasteiger partial charge in [-0.3, -0.25) is 4.98 Å². The zero-order valence-electron chi connectivity index (χ0n) is 19.3. The van der Waals surface area contributed by atoms with Crippen LogP contribution >= 0.6 is 0 Å². The van der Waals surface area contributed by atoms with Gasteiger partial charge in [-0.25, -0.2) is 4.79 Å². The maximum absolute atomic E-state index is 12.7. The van der Waals surface area contributed by atoms with Crippen LogP contribution in [-0.2, 0) is 11.3 Å². The maximum atomic E-state index is 12.7. The van der Waals surface area contributed by atoms with Gasteiger partial charge in [0.2, 0.25) is 0 Å². The van der Waals surface area contributed by atoms with Crippen LogP contribution in [0.3, 0.4) is 0 Å². The Balaban J connectivity index is 2.02. The number of aromatic nitrogens is 1. The zero-order chi connectivity index (χ0) is 23.1. The van der Waals surface area contributed by atoms with Crippen LogP contribution in [-0.4, -0.2) is 30.3 Å². The Kier molecular flexibility index (Phi) is 7.36. The number of anilines is 2. The summed E-state index contributed by atoms with van der Waals surface area (Å²) in [6.07, 6.45) is 3.58. The van der Waals surface area contributed by atoms with Crippen LogP contribution in [0.1, 0.15) is 43.6 Å². The Morgan fingerprint density at radius 1 is 1.00 bits per heavy atom. The molecule has 3 rings (SSSR count). The van der Waals surface area contributed by atoms with E-state index in [4.69, 9.17) is 14.2 Å². The lowest BCUT2D eigenvalue weighted by molar-refractivity contribution is 0.00695. The lowest BCUT2D eigenvalue weighted by Crippen LogP contribution is -2.24. The SMILES string of the molecule is CCOc1ccc(N(Cc2cccnc2)c2cccc(C(=O)OC(C)(C)C)c2)cc1OC. The molecule has 0 aliphatic heterocycles. The molecule has 0 saturated heterocycles. The first-order chi connectivity index (χ1) is 15.3. The van der Waals surface area contributed by atoms with Crippen molar-refractivity contribution in [1.82, 2.24) is 4.98 Å². The van der Waals surface area contributed by atoms with Gasteiger partial charge in [-0.2, -0.15) is 0 Å². The second kappa shape index (κ2) is 10.2. The Morgan fingerprint density at radius 3 is 2.44 bits per heavy atom. The minimum absolute atomic E-state index is 0.357. The summed E-state index contributed by atoms with van der Waals surface area (Å²) >= 11 is 0. The molecule has 0 saturated carbocycles. The normalized spacial score (nSPS) is 11.0. The number of ether oxygens (including phenoxy) is 3. The van der Waals surface area contributed by atoms with Gasteiger partial charge >= 0.3 is 5.97 Å². The van der Waals surface area contributed by atoms with Crippen molar-refractivity contribution in [2.75, 3.05) is 18.6 Å². The Hall–Kier alpha value is -3.54. The topological polar surface area (TPSA) is 60.9 Å². The lowest BCUT2D eigenvalue weighted by atomic mass is 10.1. The molecule has 6 nitrogen and oxygen atoms in total. The van der Waals surface area contributed by atoms with Crippen LogP contribution in [0.25, 0.3) is 0 Å². The molecule has 0 aliphatic carbocycles. The lowest BCUT2D eigenvalue weighted by Gasteiger charge is -2.27. The van der Waals surface area contributed by atoms with Crippen molar-refractivity contribution in [1.29, 1.82) is 0 Å². The molecule has 32 heavy (non-hydrogen) atoms. The Labute approximate surface area is 189 Å². The van der Waals surface area contributed by atoms with E-state index in [2.05, 4.69) is 9.88 Å². The number of carbonyl (C=O) groups excluding carboxylic acids is 1. The minimum atomic E-state index is -0.565. The Bertz CT molecular complexity index is 1050. The van der Waals surface area contributed by atoms with Crippen molar-refractivity contribution in [3.63, 3.8) is 0 Å². The number of pyridine rings is 1. The maximum Gasteiger partial charge on any atom is 0.338 e. The monoisotopic (exact) mass is 434 g/mol. The molecule has 0 unspecified atom stereocenters. The highest BCUT2D eigenvalue weighted by Gasteiger charge is 2.20. The largest absolute Gasteiger partial charge is 0.493 e. The molecule has 3 aromatic rings. The van der Waals surface area contributed by atoms with Crippen LogP contribution in [0.5, 0.6) is 11.5 Å². The molecule has 1 aromatic heterocycles. The van der Waals surface area contributed by atoms with E-state index in [1.807, 2.05) is 82.4 Å². The highest BCUT2D eigenvalue weighted by molar-refractivity contribution is 5.91. The first-order valence-electron chi connectivity index (χ1n) is 10.6. The number of esters is 1. The van der Waals surface area contributed by atoms with Gasteiger partial charge in [0, 0.05) is 36.4 Å². The fourth-order valence-electron chi connectivity index (χ4n) is 3.24. The van der Waals surface area contributed by atoms with E-state index in [-0.39, 0.29) is 5.97 Å². The predicted octanol–water partition coefficient (Wildman–Crippen LogP) is 5.78. The predicted molar refractivity (Wildman–Crippen MR) is 126 cm³/mol. The zero-order valence-corrected chi connectivity index (χ0v) is 19.3. The third-order valence-electron chi connectivity index (χ3n) is 4.61. The van der Waals surface area contributed by atoms with E-state index in [9.17, 15) is 4.79 Å². The van der Waals surface area contributed by atoms with Gasteiger partial charge < -0.3 is 19.1 Å². The summed E-state index contributed by atoms with van der Waals surface area (Å²) in [5.41, 5.74) is 2.71. The van der Waals surface area contributed by atoms with Gasteiger partial charge in [0.25, 0.3) is 0 Å². The van der Waals surface area contributed by atoms with E-state index >= 15 is 0 Å². The van der Waals surface area contributed by atoms with Gasteiger partial charge in [0.15, 0.2) is 11.5 Å². The number of nitrogens with zero attached hydrogens (tertiary/aromatic N) is 2. The molecule has 1 heterocycles. The second-order valence-corrected chi connectivity index (χ2v) is 8.27. The third kappa shape index (κ3) is 6.00. The standard InChI is InChI=1S/C26H30N2O4/c1-6-31-23-13-12-22(16-24(23)30-5)28(18-19-9-8-14-27-17-19)21-11-7-10-20(15-21)25(29)32-26(2,3)4/h7-17H,6,18H2,1-5H3. The fraction of sp³-hybridized carbons (Fsp3) is 0.308. The van der Waals surface area contributed by atoms with Gasteiger partial charge in [-0.05, 0) is 69.7 Å². The molecule has 0 N–H and O–H groups in total. The van der Waals surface area contributed by atoms with Crippen molar-refractivity contribution in [3.05, 3.63) is 78.1 Å². The van der Waals surface area contributed by atoms with E-state index in [0.29, 0.717) is 30.2 Å². The molecule has 0 atom stereocenters. The number of rotatable bonds is 8. The quantitative estimate of drug-likeness (QED) is 0.419. The number of benzene rings is 2. The van der Waals surface area contributed by atoms with Crippen LogP contribution in [0.2, 0.25) is 0 Å². The molecule has 0 spiro atoms. The summed E-state index contributed by atoms with van der Waals surface area (Å²) in [6, 6.07) is 17.2. The molecule has 0 aliphatic rings. The molecule has 0 fully saturated rings. The van der Waals surface area contributed by atoms with Crippen molar-refractivity contribution in [3.8, 4) is 11.5 Å². The van der Waals surface area contributed by atoms with Gasteiger partial charge in [-0.1, -0.05) is 12.1 Å². The van der Waals surface area contributed by atoms with E-state index in [0.717, 1.165) is 16.9 Å². The third-order valence-corrected chi connectivity index (χ3v) is 4.61. The van der Waals surface area contributed by atoms with Gasteiger partial charge in [0.1, 0.15) is 5.60 Å². The number of methoxy groups -OCH3 is 1.